The highest BCUT2D eigenvalue weighted by atomic mass is 35.5. The van der Waals surface area contributed by atoms with E-state index in [1.165, 1.54) is 0 Å². The number of ether oxygens (including phenoxy) is 1. The van der Waals surface area contributed by atoms with Crippen LogP contribution >= 0.6 is 11.6 Å². The van der Waals surface area contributed by atoms with Crippen molar-refractivity contribution >= 4 is 17.6 Å². The maximum Gasteiger partial charge on any atom is 0.311 e. The summed E-state index contributed by atoms with van der Waals surface area (Å²) in [6.07, 6.45) is 1.53. The van der Waals surface area contributed by atoms with Gasteiger partial charge in [0, 0.05) is 13.0 Å². The van der Waals surface area contributed by atoms with Crippen LogP contribution < -0.4 is 4.74 Å². The molecule has 0 atom stereocenters. The maximum atomic E-state index is 11.4. The first-order valence-electron chi connectivity index (χ1n) is 5.28. The van der Waals surface area contributed by atoms with Crippen LogP contribution in [-0.2, 0) is 11.2 Å². The van der Waals surface area contributed by atoms with E-state index in [0.29, 0.717) is 23.6 Å². The summed E-state index contributed by atoms with van der Waals surface area (Å²) in [5.41, 5.74) is 0.749. The number of esters is 1. The lowest BCUT2D eigenvalue weighted by Crippen LogP contribution is -2.09. The first-order chi connectivity index (χ1) is 7.69. The van der Waals surface area contributed by atoms with Crippen LogP contribution in [0.5, 0.6) is 5.75 Å². The molecule has 0 aliphatic heterocycles. The van der Waals surface area contributed by atoms with Crippen LogP contribution in [0.15, 0.2) is 18.2 Å². The van der Waals surface area contributed by atoms with Gasteiger partial charge in [-0.2, -0.15) is 0 Å². The highest BCUT2D eigenvalue weighted by Gasteiger charge is 2.12. The van der Waals surface area contributed by atoms with Gasteiger partial charge >= 0.3 is 5.97 Å². The van der Waals surface area contributed by atoms with Crippen molar-refractivity contribution in [3.63, 3.8) is 0 Å². The van der Waals surface area contributed by atoms with E-state index in [1.807, 2.05) is 6.92 Å². The molecule has 0 fully saturated rings. The summed E-state index contributed by atoms with van der Waals surface area (Å²) in [4.78, 5) is 11.4. The lowest BCUT2D eigenvalue weighted by Gasteiger charge is -2.10. The maximum absolute atomic E-state index is 11.4. The Labute approximate surface area is 100.0 Å². The number of hydrogen-bond acceptors (Lipinski definition) is 3. The number of halogens is 1. The fourth-order valence-electron chi connectivity index (χ4n) is 1.35. The molecule has 1 rings (SSSR count). The van der Waals surface area contributed by atoms with Crippen LogP contribution in [0.3, 0.4) is 0 Å². The van der Waals surface area contributed by atoms with Crippen LogP contribution in [-0.4, -0.2) is 17.7 Å². The molecule has 3 nitrogen and oxygen atoms in total. The van der Waals surface area contributed by atoms with E-state index in [2.05, 4.69) is 0 Å². The number of benzene rings is 1. The zero-order valence-electron chi connectivity index (χ0n) is 9.20. The Morgan fingerprint density at radius 2 is 2.25 bits per heavy atom. The largest absolute Gasteiger partial charge is 0.425 e. The number of hydrogen-bond donors (Lipinski definition) is 1. The Bertz CT molecular complexity index is 363. The second kappa shape index (κ2) is 6.51. The van der Waals surface area contributed by atoms with Crippen LogP contribution in [0.1, 0.15) is 25.3 Å². The van der Waals surface area contributed by atoms with Crippen molar-refractivity contribution in [2.45, 2.75) is 26.2 Å². The normalized spacial score (nSPS) is 10.2. The van der Waals surface area contributed by atoms with Crippen LogP contribution in [0.4, 0.5) is 0 Å². The summed E-state index contributed by atoms with van der Waals surface area (Å²) < 4.78 is 5.19. The molecule has 0 aliphatic rings. The van der Waals surface area contributed by atoms with Gasteiger partial charge in [0.05, 0.1) is 5.02 Å². The van der Waals surface area contributed by atoms with E-state index in [9.17, 15) is 4.79 Å². The van der Waals surface area contributed by atoms with Crippen molar-refractivity contribution in [2.24, 2.45) is 0 Å². The van der Waals surface area contributed by atoms with Gasteiger partial charge in [0.15, 0.2) is 5.75 Å². The van der Waals surface area contributed by atoms with Gasteiger partial charge in [-0.25, -0.2) is 0 Å². The van der Waals surface area contributed by atoms with Crippen molar-refractivity contribution in [1.82, 2.24) is 0 Å². The van der Waals surface area contributed by atoms with E-state index >= 15 is 0 Å². The molecule has 0 unspecified atom stereocenters. The molecule has 0 heterocycles. The summed E-state index contributed by atoms with van der Waals surface area (Å²) >= 11 is 5.95. The minimum atomic E-state index is -0.296. The van der Waals surface area contributed by atoms with Gasteiger partial charge < -0.3 is 9.84 Å². The number of carbonyl (C=O) groups is 1. The van der Waals surface area contributed by atoms with Crippen molar-refractivity contribution < 1.29 is 14.6 Å². The van der Waals surface area contributed by atoms with Crippen molar-refractivity contribution in [3.8, 4) is 5.75 Å². The minimum absolute atomic E-state index is 0.00132. The van der Waals surface area contributed by atoms with E-state index in [0.717, 1.165) is 12.0 Å². The third kappa shape index (κ3) is 3.51. The van der Waals surface area contributed by atoms with Crippen LogP contribution in [0.25, 0.3) is 0 Å². The quantitative estimate of drug-likeness (QED) is 0.638. The molecule has 0 radical (unpaired) electrons. The second-order valence-electron chi connectivity index (χ2n) is 3.43. The van der Waals surface area contributed by atoms with Crippen molar-refractivity contribution in [2.75, 3.05) is 6.61 Å². The molecule has 0 aliphatic carbocycles. The second-order valence-corrected chi connectivity index (χ2v) is 3.83. The minimum Gasteiger partial charge on any atom is -0.425 e. The molecule has 88 valence electrons. The molecule has 0 aromatic heterocycles. The Hall–Kier alpha value is -1.06. The Kier molecular flexibility index (Phi) is 5.29. The summed E-state index contributed by atoms with van der Waals surface area (Å²) in [5.74, 6) is 0.0754. The van der Waals surface area contributed by atoms with E-state index < -0.39 is 0 Å². The van der Waals surface area contributed by atoms with Crippen LogP contribution in [0, 0.1) is 0 Å². The molecular weight excluding hydrogens is 228 g/mol. The van der Waals surface area contributed by atoms with Gasteiger partial charge in [-0.1, -0.05) is 30.7 Å². The Morgan fingerprint density at radius 1 is 1.50 bits per heavy atom. The predicted molar refractivity (Wildman–Crippen MR) is 62.8 cm³/mol. The average Bonchev–Trinajstić information content (AvgIpc) is 2.24. The van der Waals surface area contributed by atoms with Gasteiger partial charge in [-0.05, 0) is 24.5 Å². The predicted octanol–water partition coefficient (Wildman–Crippen LogP) is 2.58. The average molecular weight is 243 g/mol. The van der Waals surface area contributed by atoms with E-state index in [1.54, 1.807) is 18.2 Å². The van der Waals surface area contributed by atoms with Gasteiger partial charge in [-0.3, -0.25) is 4.79 Å². The molecule has 1 aromatic carbocycles. The molecular formula is C12H15ClO3. The molecule has 4 heteroatoms. The number of carbonyl (C=O) groups excluding carboxylic acids is 1. The first kappa shape index (κ1) is 13.0. The monoisotopic (exact) mass is 242 g/mol. The fraction of sp³-hybridized carbons (Fsp3) is 0.417. The summed E-state index contributed by atoms with van der Waals surface area (Å²) in [6.45, 7) is 1.90. The Balaban J connectivity index is 2.87. The highest BCUT2D eigenvalue weighted by Crippen LogP contribution is 2.29. The van der Waals surface area contributed by atoms with Gasteiger partial charge in [0.25, 0.3) is 0 Å². The topological polar surface area (TPSA) is 46.5 Å². The fourth-order valence-corrected chi connectivity index (χ4v) is 1.59. The number of para-hydroxylation sites is 1. The molecule has 0 amide bonds. The highest BCUT2D eigenvalue weighted by molar-refractivity contribution is 6.32. The third-order valence-electron chi connectivity index (χ3n) is 2.10. The zero-order chi connectivity index (χ0) is 12.0. The number of aliphatic hydroxyl groups is 1. The van der Waals surface area contributed by atoms with Crippen molar-refractivity contribution in [1.29, 1.82) is 0 Å². The van der Waals surface area contributed by atoms with E-state index in [4.69, 9.17) is 21.4 Å². The molecule has 0 bridgehead atoms. The summed E-state index contributed by atoms with van der Waals surface area (Å²) in [6, 6.07) is 5.22. The van der Waals surface area contributed by atoms with E-state index in [-0.39, 0.29) is 12.6 Å². The van der Waals surface area contributed by atoms with Gasteiger partial charge in [0.2, 0.25) is 0 Å². The zero-order valence-corrected chi connectivity index (χ0v) is 9.96. The smallest absolute Gasteiger partial charge is 0.311 e. The molecule has 0 saturated heterocycles. The third-order valence-corrected chi connectivity index (χ3v) is 2.40. The summed E-state index contributed by atoms with van der Waals surface area (Å²) in [5, 5.41) is 9.29. The SMILES string of the molecule is CCCC(=O)Oc1c(Cl)cccc1CCO. The molecule has 0 spiro atoms. The van der Waals surface area contributed by atoms with Gasteiger partial charge in [-0.15, -0.1) is 0 Å². The lowest BCUT2D eigenvalue weighted by atomic mass is 10.1. The van der Waals surface area contributed by atoms with Crippen LogP contribution in [0.2, 0.25) is 5.02 Å². The molecule has 0 saturated carbocycles. The Morgan fingerprint density at radius 3 is 2.88 bits per heavy atom. The number of rotatable bonds is 5. The molecule has 1 aromatic rings. The lowest BCUT2D eigenvalue weighted by molar-refractivity contribution is -0.134. The van der Waals surface area contributed by atoms with Crippen molar-refractivity contribution in [3.05, 3.63) is 28.8 Å². The first-order valence-corrected chi connectivity index (χ1v) is 5.65. The molecule has 16 heavy (non-hydrogen) atoms. The van der Waals surface area contributed by atoms with Gasteiger partial charge in [0.1, 0.15) is 0 Å². The molecule has 1 N–H and O–H groups in total. The summed E-state index contributed by atoms with van der Waals surface area (Å²) in [7, 11) is 0. The standard InChI is InChI=1S/C12H15ClO3/c1-2-4-11(15)16-12-9(7-8-14)5-3-6-10(12)13/h3,5-6,14H,2,4,7-8H2,1H3. The number of aliphatic hydroxyl groups excluding tert-OH is 1.